The predicted octanol–water partition coefficient (Wildman–Crippen LogP) is 0.626. The summed E-state index contributed by atoms with van der Waals surface area (Å²) in [6, 6.07) is 6.74. The molecule has 1 fully saturated rings. The van der Waals surface area contributed by atoms with Crippen molar-refractivity contribution in [2.24, 2.45) is 0 Å². The molecule has 1 aliphatic heterocycles. The average Bonchev–Trinajstić information content (AvgIpc) is 3.19. The van der Waals surface area contributed by atoms with Crippen LogP contribution in [0.25, 0.3) is 16.9 Å². The van der Waals surface area contributed by atoms with Crippen LogP contribution < -0.4 is 0 Å². The number of carbonyl (C=O) groups is 1. The molecule has 12 nitrogen and oxygen atoms in total. The molecule has 3 aromatic heterocycles. The minimum atomic E-state index is -0.560. The smallest absolute Gasteiger partial charge is 0.338 e. The zero-order valence-corrected chi connectivity index (χ0v) is 17.6. The normalized spacial score (nSPS) is 18.1. The average molecular weight is 452 g/mol. The van der Waals surface area contributed by atoms with Gasteiger partial charge in [0.25, 0.3) is 0 Å². The number of fused-ring (bicyclic) bond motifs is 3. The highest BCUT2D eigenvalue weighted by Gasteiger charge is 2.18. The maximum atomic E-state index is 12.6. The van der Waals surface area contributed by atoms with Crippen LogP contribution in [-0.2, 0) is 23.7 Å². The number of carbonyl (C=O) groups excluding carboxylic acids is 1. The van der Waals surface area contributed by atoms with Crippen molar-refractivity contribution in [2.45, 2.75) is 6.10 Å². The SMILES string of the molecule is N#Cc1nc2nc3cc(C(=O)OCC4COCCOCCOCCO4)ccn3c2nc1C#N. The van der Waals surface area contributed by atoms with Gasteiger partial charge in [0, 0.05) is 6.20 Å². The van der Waals surface area contributed by atoms with E-state index in [2.05, 4.69) is 15.0 Å². The van der Waals surface area contributed by atoms with Crippen LogP contribution in [0.1, 0.15) is 21.7 Å². The molecule has 3 aromatic rings. The van der Waals surface area contributed by atoms with Crippen molar-refractivity contribution in [1.82, 2.24) is 19.4 Å². The lowest BCUT2D eigenvalue weighted by Gasteiger charge is -2.19. The Hall–Kier alpha value is -3.68. The molecule has 1 atom stereocenters. The van der Waals surface area contributed by atoms with Crippen LogP contribution >= 0.6 is 0 Å². The molecule has 0 amide bonds. The van der Waals surface area contributed by atoms with E-state index >= 15 is 0 Å². The summed E-state index contributed by atoms with van der Waals surface area (Å²) in [5, 5.41) is 18.3. The molecule has 33 heavy (non-hydrogen) atoms. The monoisotopic (exact) mass is 452 g/mol. The molecular formula is C21H20N6O6. The number of rotatable bonds is 3. The van der Waals surface area contributed by atoms with Crippen LogP contribution in [0.3, 0.4) is 0 Å². The summed E-state index contributed by atoms with van der Waals surface area (Å²) in [5.74, 6) is -0.560. The third-order valence-corrected chi connectivity index (χ3v) is 4.72. The topological polar surface area (TPSA) is 154 Å². The van der Waals surface area contributed by atoms with Gasteiger partial charge < -0.3 is 23.7 Å². The molecule has 1 unspecified atom stereocenters. The number of pyridine rings is 1. The molecule has 0 radical (unpaired) electrons. The minimum absolute atomic E-state index is 0.00144. The molecule has 0 aromatic carbocycles. The number of esters is 1. The Morgan fingerprint density at radius 1 is 1.03 bits per heavy atom. The number of hydrogen-bond donors (Lipinski definition) is 0. The summed E-state index contributed by atoms with van der Waals surface area (Å²) in [6.07, 6.45) is 1.13. The molecule has 12 heteroatoms. The number of nitriles is 2. The standard InChI is InChI=1S/C21H20N6O6/c22-10-16-17(11-23)25-20-19(24-16)26-18-9-14(1-2-27(18)20)21(28)33-13-15-12-31-6-5-29-3-4-30-7-8-32-15/h1-2,9,15H,3-8,12-13H2. The lowest BCUT2D eigenvalue weighted by Crippen LogP contribution is -2.30. The highest BCUT2D eigenvalue weighted by atomic mass is 16.6. The van der Waals surface area contributed by atoms with E-state index in [-0.39, 0.29) is 35.8 Å². The second kappa shape index (κ2) is 10.8. The number of nitrogens with zero attached hydrogens (tertiary/aromatic N) is 6. The molecule has 1 saturated heterocycles. The second-order valence-corrected chi connectivity index (χ2v) is 6.94. The molecular weight excluding hydrogens is 432 g/mol. The zero-order chi connectivity index (χ0) is 23.0. The fourth-order valence-electron chi connectivity index (χ4n) is 3.12. The van der Waals surface area contributed by atoms with E-state index in [1.54, 1.807) is 16.7 Å². The van der Waals surface area contributed by atoms with E-state index in [0.717, 1.165) is 0 Å². The highest BCUT2D eigenvalue weighted by molar-refractivity contribution is 5.91. The van der Waals surface area contributed by atoms with Crippen molar-refractivity contribution in [2.75, 3.05) is 52.9 Å². The van der Waals surface area contributed by atoms with Crippen molar-refractivity contribution in [3.8, 4) is 12.1 Å². The Morgan fingerprint density at radius 2 is 1.73 bits per heavy atom. The maximum absolute atomic E-state index is 12.6. The van der Waals surface area contributed by atoms with Gasteiger partial charge in [-0.2, -0.15) is 10.5 Å². The second-order valence-electron chi connectivity index (χ2n) is 6.94. The zero-order valence-electron chi connectivity index (χ0n) is 17.6. The quantitative estimate of drug-likeness (QED) is 0.514. The molecule has 0 saturated carbocycles. The van der Waals surface area contributed by atoms with E-state index in [9.17, 15) is 4.79 Å². The van der Waals surface area contributed by atoms with E-state index < -0.39 is 12.1 Å². The van der Waals surface area contributed by atoms with E-state index in [0.29, 0.717) is 50.9 Å². The molecule has 0 spiro atoms. The van der Waals surface area contributed by atoms with Crippen LogP contribution in [0.2, 0.25) is 0 Å². The third-order valence-electron chi connectivity index (χ3n) is 4.72. The number of aromatic nitrogens is 4. The Bertz CT molecular complexity index is 1220. The predicted molar refractivity (Wildman–Crippen MR) is 110 cm³/mol. The van der Waals surface area contributed by atoms with Gasteiger partial charge in [-0.25, -0.2) is 19.7 Å². The van der Waals surface area contributed by atoms with Gasteiger partial charge >= 0.3 is 5.97 Å². The van der Waals surface area contributed by atoms with Crippen LogP contribution in [0, 0.1) is 22.7 Å². The lowest BCUT2D eigenvalue weighted by molar-refractivity contribution is -0.0831. The first-order chi connectivity index (χ1) is 16.2. The first-order valence-electron chi connectivity index (χ1n) is 10.2. The highest BCUT2D eigenvalue weighted by Crippen LogP contribution is 2.17. The van der Waals surface area contributed by atoms with Crippen LogP contribution in [-0.4, -0.2) is 84.3 Å². The largest absolute Gasteiger partial charge is 0.459 e. The van der Waals surface area contributed by atoms with Crippen LogP contribution in [0.4, 0.5) is 0 Å². The molecule has 170 valence electrons. The molecule has 0 bridgehead atoms. The summed E-state index contributed by atoms with van der Waals surface area (Å²) in [4.78, 5) is 25.1. The fourth-order valence-corrected chi connectivity index (χ4v) is 3.12. The van der Waals surface area contributed by atoms with Gasteiger partial charge in [0.2, 0.25) is 0 Å². The maximum Gasteiger partial charge on any atom is 0.338 e. The van der Waals surface area contributed by atoms with Gasteiger partial charge in [0.15, 0.2) is 22.7 Å². The summed E-state index contributed by atoms with van der Waals surface area (Å²) in [6.45, 7) is 2.84. The van der Waals surface area contributed by atoms with E-state index in [1.165, 1.54) is 6.07 Å². The van der Waals surface area contributed by atoms with Crippen molar-refractivity contribution in [1.29, 1.82) is 10.5 Å². The molecule has 4 heterocycles. The first-order valence-corrected chi connectivity index (χ1v) is 10.2. The van der Waals surface area contributed by atoms with Crippen molar-refractivity contribution in [3.63, 3.8) is 0 Å². The van der Waals surface area contributed by atoms with Gasteiger partial charge in [-0.15, -0.1) is 0 Å². The minimum Gasteiger partial charge on any atom is -0.459 e. The summed E-state index contributed by atoms with van der Waals surface area (Å²) in [5.41, 5.74) is 0.952. The number of hydrogen-bond acceptors (Lipinski definition) is 11. The van der Waals surface area contributed by atoms with Crippen LogP contribution in [0.15, 0.2) is 18.3 Å². The van der Waals surface area contributed by atoms with Gasteiger partial charge in [-0.3, -0.25) is 4.40 Å². The molecule has 0 aliphatic carbocycles. The van der Waals surface area contributed by atoms with Crippen LogP contribution in [0.5, 0.6) is 0 Å². The Balaban J connectivity index is 1.45. The van der Waals surface area contributed by atoms with Gasteiger partial charge in [-0.05, 0) is 12.1 Å². The Morgan fingerprint density at radius 3 is 2.48 bits per heavy atom. The number of ether oxygens (including phenoxy) is 5. The first kappa shape index (κ1) is 22.5. The summed E-state index contributed by atoms with van der Waals surface area (Å²) >= 11 is 0. The van der Waals surface area contributed by atoms with Gasteiger partial charge in [0.1, 0.15) is 30.5 Å². The summed E-state index contributed by atoms with van der Waals surface area (Å²) < 4.78 is 29.0. The number of imidazole rings is 1. The van der Waals surface area contributed by atoms with Crippen molar-refractivity contribution in [3.05, 3.63) is 35.3 Å². The molecule has 1 aliphatic rings. The van der Waals surface area contributed by atoms with E-state index in [1.807, 2.05) is 12.1 Å². The van der Waals surface area contributed by atoms with Crippen molar-refractivity contribution >= 4 is 22.9 Å². The van der Waals surface area contributed by atoms with Gasteiger partial charge in [-0.1, -0.05) is 0 Å². The van der Waals surface area contributed by atoms with E-state index in [4.69, 9.17) is 34.2 Å². The molecule has 0 N–H and O–H groups in total. The van der Waals surface area contributed by atoms with Crippen molar-refractivity contribution < 1.29 is 28.5 Å². The van der Waals surface area contributed by atoms with Gasteiger partial charge in [0.05, 0.1) is 51.8 Å². The summed E-state index contributed by atoms with van der Waals surface area (Å²) in [7, 11) is 0. The molecule has 4 rings (SSSR count). The Kier molecular flexibility index (Phi) is 7.34. The third kappa shape index (κ3) is 5.39. The lowest BCUT2D eigenvalue weighted by atomic mass is 10.2. The fraction of sp³-hybridized carbons (Fsp3) is 0.429. The Labute approximate surface area is 188 Å².